The van der Waals surface area contributed by atoms with E-state index in [1.807, 2.05) is 68.9 Å². The predicted octanol–water partition coefficient (Wildman–Crippen LogP) is 4.34. The Balaban J connectivity index is 1.76. The van der Waals surface area contributed by atoms with E-state index >= 15 is 0 Å². The zero-order valence-corrected chi connectivity index (χ0v) is 17.6. The lowest BCUT2D eigenvalue weighted by atomic mass is 10.0. The van der Waals surface area contributed by atoms with E-state index in [9.17, 15) is 4.79 Å². The third-order valence-electron chi connectivity index (χ3n) is 4.81. The number of nitrogens with zero attached hydrogens (tertiary/aromatic N) is 3. The number of carbonyl (C=O) groups excluding carboxylic acids is 1. The zero-order chi connectivity index (χ0) is 20.3. The number of hydrogen-bond donors (Lipinski definition) is 0. The normalized spacial score (nSPS) is 21.4. The Morgan fingerprint density at radius 3 is 2.68 bits per heavy atom. The van der Waals surface area contributed by atoms with Crippen LogP contribution in [0.15, 0.2) is 42.7 Å². The molecular formula is C21H28ClN3O3. The summed E-state index contributed by atoms with van der Waals surface area (Å²) in [6, 6.07) is 9.48. The first-order valence-corrected chi connectivity index (χ1v) is 9.95. The molecule has 0 unspecified atom stereocenters. The van der Waals surface area contributed by atoms with Gasteiger partial charge < -0.3 is 9.47 Å². The molecule has 6 nitrogen and oxygen atoms in total. The molecule has 7 heteroatoms. The maximum Gasteiger partial charge on any atom is 0.410 e. The van der Waals surface area contributed by atoms with Gasteiger partial charge in [0.05, 0.1) is 31.3 Å². The minimum Gasteiger partial charge on any atom is -0.444 e. The van der Waals surface area contributed by atoms with Crippen molar-refractivity contribution in [3.63, 3.8) is 0 Å². The van der Waals surface area contributed by atoms with Gasteiger partial charge in [-0.05, 0) is 57.9 Å². The Morgan fingerprint density at radius 1 is 1.36 bits per heavy atom. The van der Waals surface area contributed by atoms with Gasteiger partial charge in [0, 0.05) is 17.4 Å². The topological polar surface area (TPSA) is 56.6 Å². The number of aromatic nitrogens is 2. The lowest BCUT2D eigenvalue weighted by molar-refractivity contribution is -0.0853. The average Bonchev–Trinajstić information content (AvgIpc) is 3.16. The van der Waals surface area contributed by atoms with Crippen LogP contribution < -0.4 is 0 Å². The number of benzene rings is 1. The maximum absolute atomic E-state index is 12.9. The van der Waals surface area contributed by atoms with E-state index in [1.54, 1.807) is 11.1 Å². The third kappa shape index (κ3) is 5.26. The second kappa shape index (κ2) is 8.53. The van der Waals surface area contributed by atoms with E-state index in [2.05, 4.69) is 5.10 Å². The summed E-state index contributed by atoms with van der Waals surface area (Å²) in [5.41, 5.74) is 0.550. The number of halogens is 1. The van der Waals surface area contributed by atoms with Gasteiger partial charge in [-0.15, -0.1) is 0 Å². The molecule has 28 heavy (non-hydrogen) atoms. The Hall–Kier alpha value is -2.05. The van der Waals surface area contributed by atoms with Gasteiger partial charge in [0.25, 0.3) is 0 Å². The van der Waals surface area contributed by atoms with Crippen LogP contribution in [-0.2, 0) is 15.9 Å². The molecule has 1 aromatic heterocycles. The van der Waals surface area contributed by atoms with Crippen LogP contribution in [0.1, 0.15) is 39.3 Å². The summed E-state index contributed by atoms with van der Waals surface area (Å²) in [5, 5.41) is 5.00. The summed E-state index contributed by atoms with van der Waals surface area (Å²) in [6.45, 7) is 8.58. The van der Waals surface area contributed by atoms with Gasteiger partial charge in [-0.2, -0.15) is 5.10 Å². The molecule has 3 rings (SSSR count). The fraction of sp³-hybridized carbons (Fsp3) is 0.524. The Kier molecular flexibility index (Phi) is 6.30. The van der Waals surface area contributed by atoms with Crippen LogP contribution in [0.25, 0.3) is 0 Å². The van der Waals surface area contributed by atoms with Crippen LogP contribution in [-0.4, -0.2) is 51.7 Å². The van der Waals surface area contributed by atoms with Crippen LogP contribution in [0.2, 0.25) is 5.02 Å². The first kappa shape index (κ1) is 20.7. The summed E-state index contributed by atoms with van der Waals surface area (Å²) < 4.78 is 13.7. The molecule has 0 radical (unpaired) electrons. The third-order valence-corrected chi connectivity index (χ3v) is 5.06. The predicted molar refractivity (Wildman–Crippen MR) is 109 cm³/mol. The quantitative estimate of drug-likeness (QED) is 0.759. The number of morpholine rings is 1. The SMILES string of the molecule is C[C@H]([C@H]1CN(C(=O)OC(C)(C)C)[C@@H](Cc2ccc(Cl)cc2)CO1)n1cccn1. The lowest BCUT2D eigenvalue weighted by Gasteiger charge is -2.42. The highest BCUT2D eigenvalue weighted by Crippen LogP contribution is 2.25. The summed E-state index contributed by atoms with van der Waals surface area (Å²) in [4.78, 5) is 14.7. The number of amides is 1. The van der Waals surface area contributed by atoms with Gasteiger partial charge in [-0.1, -0.05) is 23.7 Å². The highest BCUT2D eigenvalue weighted by molar-refractivity contribution is 6.30. The molecule has 3 atom stereocenters. The smallest absolute Gasteiger partial charge is 0.410 e. The molecule has 1 fully saturated rings. The minimum absolute atomic E-state index is 0.0106. The zero-order valence-electron chi connectivity index (χ0n) is 16.8. The van der Waals surface area contributed by atoms with Crippen molar-refractivity contribution in [3.8, 4) is 0 Å². The molecule has 0 bridgehead atoms. The molecule has 2 aromatic rings. The van der Waals surface area contributed by atoms with E-state index in [0.29, 0.717) is 24.6 Å². The molecule has 0 N–H and O–H groups in total. The van der Waals surface area contributed by atoms with Gasteiger partial charge in [0.2, 0.25) is 0 Å². The van der Waals surface area contributed by atoms with E-state index in [0.717, 1.165) is 5.56 Å². The molecule has 1 aliphatic heterocycles. The molecule has 0 spiro atoms. The molecule has 2 heterocycles. The molecule has 1 aliphatic rings. The molecule has 0 aliphatic carbocycles. The van der Waals surface area contributed by atoms with Crippen LogP contribution in [0.3, 0.4) is 0 Å². The Labute approximate surface area is 171 Å². The fourth-order valence-electron chi connectivity index (χ4n) is 3.31. The van der Waals surface area contributed by atoms with Crippen molar-refractivity contribution < 1.29 is 14.3 Å². The van der Waals surface area contributed by atoms with Crippen molar-refractivity contribution in [2.75, 3.05) is 13.2 Å². The van der Waals surface area contributed by atoms with Crippen molar-refractivity contribution in [3.05, 3.63) is 53.3 Å². The number of carbonyl (C=O) groups is 1. The van der Waals surface area contributed by atoms with Crippen molar-refractivity contribution in [1.82, 2.24) is 14.7 Å². The first-order valence-electron chi connectivity index (χ1n) is 9.58. The standard InChI is InChI=1S/C21H28ClN3O3/c1-15(25-11-5-10-23-25)19-13-24(20(26)28-21(2,3)4)18(14-27-19)12-16-6-8-17(22)9-7-16/h5-11,15,18-19H,12-14H2,1-4H3/t15-,18+,19-/m1/s1. The minimum atomic E-state index is -0.552. The number of hydrogen-bond acceptors (Lipinski definition) is 4. The van der Waals surface area contributed by atoms with Gasteiger partial charge in [-0.3, -0.25) is 9.58 Å². The van der Waals surface area contributed by atoms with Crippen molar-refractivity contribution in [1.29, 1.82) is 0 Å². The number of ether oxygens (including phenoxy) is 2. The van der Waals surface area contributed by atoms with E-state index in [4.69, 9.17) is 21.1 Å². The van der Waals surface area contributed by atoms with Crippen molar-refractivity contribution >= 4 is 17.7 Å². The highest BCUT2D eigenvalue weighted by Gasteiger charge is 2.37. The summed E-state index contributed by atoms with van der Waals surface area (Å²) in [7, 11) is 0. The first-order chi connectivity index (χ1) is 13.2. The fourth-order valence-corrected chi connectivity index (χ4v) is 3.44. The second-order valence-corrected chi connectivity index (χ2v) is 8.65. The second-order valence-electron chi connectivity index (χ2n) is 8.22. The molecule has 152 valence electrons. The van der Waals surface area contributed by atoms with Crippen LogP contribution in [0.4, 0.5) is 4.79 Å². The summed E-state index contributed by atoms with van der Waals surface area (Å²) >= 11 is 5.99. The van der Waals surface area contributed by atoms with E-state index in [1.165, 1.54) is 0 Å². The van der Waals surface area contributed by atoms with E-state index < -0.39 is 5.60 Å². The monoisotopic (exact) mass is 405 g/mol. The molecule has 1 saturated heterocycles. The maximum atomic E-state index is 12.9. The Morgan fingerprint density at radius 2 is 2.07 bits per heavy atom. The van der Waals surface area contributed by atoms with E-state index in [-0.39, 0.29) is 24.3 Å². The van der Waals surface area contributed by atoms with Gasteiger partial charge in [0.15, 0.2) is 0 Å². The Bertz CT molecular complexity index is 771. The van der Waals surface area contributed by atoms with Gasteiger partial charge >= 0.3 is 6.09 Å². The molecular weight excluding hydrogens is 378 g/mol. The molecule has 1 amide bonds. The number of rotatable bonds is 4. The molecule has 0 saturated carbocycles. The highest BCUT2D eigenvalue weighted by atomic mass is 35.5. The van der Waals surface area contributed by atoms with Crippen molar-refractivity contribution in [2.24, 2.45) is 0 Å². The lowest BCUT2D eigenvalue weighted by Crippen LogP contribution is -2.55. The van der Waals surface area contributed by atoms with Crippen LogP contribution in [0, 0.1) is 0 Å². The summed E-state index contributed by atoms with van der Waals surface area (Å²) in [5.74, 6) is 0. The van der Waals surface area contributed by atoms with Crippen molar-refractivity contribution in [2.45, 2.75) is 57.9 Å². The van der Waals surface area contributed by atoms with Crippen LogP contribution >= 0.6 is 11.6 Å². The summed E-state index contributed by atoms with van der Waals surface area (Å²) in [6.07, 6.45) is 3.86. The average molecular weight is 406 g/mol. The van der Waals surface area contributed by atoms with Crippen LogP contribution in [0.5, 0.6) is 0 Å². The van der Waals surface area contributed by atoms with Gasteiger partial charge in [0.1, 0.15) is 5.60 Å². The molecule has 1 aromatic carbocycles. The largest absolute Gasteiger partial charge is 0.444 e. The van der Waals surface area contributed by atoms with Gasteiger partial charge in [-0.25, -0.2) is 4.79 Å².